The lowest BCUT2D eigenvalue weighted by Gasteiger charge is -2.32. The normalized spacial score (nSPS) is 23.4. The molecule has 0 aromatic carbocycles. The van der Waals surface area contributed by atoms with E-state index in [0.717, 1.165) is 30.8 Å². The Morgan fingerprint density at radius 3 is 2.38 bits per heavy atom. The minimum atomic E-state index is -0.492. The Kier molecular flexibility index (Phi) is 5.64. The number of ether oxygens (including phenoxy) is 1. The number of likely N-dealkylation sites (N-methyl/N-ethyl adjacent to an activating group) is 1. The molecule has 0 unspecified atom stereocenters. The third-order valence-electron chi connectivity index (χ3n) is 6.01. The molecule has 0 radical (unpaired) electrons. The standard InChI is InChI=1S/C21H34BN3O4/c1-19(2,3)27-18(26)24(8)16-11-12-25(14-16)17-10-9-15(13-23-17)22-28-20(4,5)21(6,7)29-22/h9-10,13,16H,11-12,14H2,1-8H3/t16-/m0/s1. The van der Waals surface area contributed by atoms with Crippen LogP contribution in [-0.2, 0) is 14.0 Å². The highest BCUT2D eigenvalue weighted by Gasteiger charge is 2.51. The Balaban J connectivity index is 1.61. The number of rotatable bonds is 3. The van der Waals surface area contributed by atoms with Crippen LogP contribution in [0.25, 0.3) is 0 Å². The second kappa shape index (κ2) is 7.47. The average Bonchev–Trinajstić information content (AvgIpc) is 3.16. The molecule has 1 atom stereocenters. The van der Waals surface area contributed by atoms with E-state index in [0.29, 0.717) is 0 Å². The maximum absolute atomic E-state index is 12.3. The van der Waals surface area contributed by atoms with Gasteiger partial charge in [0.25, 0.3) is 0 Å². The van der Waals surface area contributed by atoms with Gasteiger partial charge in [-0.15, -0.1) is 0 Å². The third-order valence-corrected chi connectivity index (χ3v) is 6.01. The molecule has 0 saturated carbocycles. The van der Waals surface area contributed by atoms with Gasteiger partial charge in [0.15, 0.2) is 0 Å². The molecular weight excluding hydrogens is 369 g/mol. The van der Waals surface area contributed by atoms with Crippen LogP contribution in [0.5, 0.6) is 0 Å². The maximum atomic E-state index is 12.3. The fourth-order valence-electron chi connectivity index (χ4n) is 3.45. The highest BCUT2D eigenvalue weighted by atomic mass is 16.7. The van der Waals surface area contributed by atoms with Gasteiger partial charge in [0.05, 0.1) is 17.2 Å². The summed E-state index contributed by atoms with van der Waals surface area (Å²) in [5.74, 6) is 0.894. The second-order valence-corrected chi connectivity index (χ2v) is 10.0. The van der Waals surface area contributed by atoms with Gasteiger partial charge in [0.1, 0.15) is 11.4 Å². The largest absolute Gasteiger partial charge is 0.496 e. The number of amides is 1. The quantitative estimate of drug-likeness (QED) is 0.724. The summed E-state index contributed by atoms with van der Waals surface area (Å²) in [6.07, 6.45) is 2.42. The number of hydrogen-bond donors (Lipinski definition) is 0. The Morgan fingerprint density at radius 1 is 1.24 bits per heavy atom. The lowest BCUT2D eigenvalue weighted by molar-refractivity contribution is 0.00578. The van der Waals surface area contributed by atoms with E-state index in [1.54, 1.807) is 11.9 Å². The van der Waals surface area contributed by atoms with Crippen molar-refractivity contribution < 1.29 is 18.8 Å². The molecule has 2 aliphatic heterocycles. The van der Waals surface area contributed by atoms with E-state index >= 15 is 0 Å². The zero-order chi connectivity index (χ0) is 21.6. The van der Waals surface area contributed by atoms with Crippen LogP contribution in [0.2, 0.25) is 0 Å². The topological polar surface area (TPSA) is 64.1 Å². The lowest BCUT2D eigenvalue weighted by atomic mass is 9.80. The van der Waals surface area contributed by atoms with Crippen molar-refractivity contribution in [3.63, 3.8) is 0 Å². The van der Waals surface area contributed by atoms with Crippen molar-refractivity contribution in [3.8, 4) is 0 Å². The van der Waals surface area contributed by atoms with Crippen LogP contribution in [0.3, 0.4) is 0 Å². The third kappa shape index (κ3) is 4.69. The number of anilines is 1. The van der Waals surface area contributed by atoms with Crippen molar-refractivity contribution in [2.75, 3.05) is 25.0 Å². The Morgan fingerprint density at radius 2 is 1.86 bits per heavy atom. The highest BCUT2D eigenvalue weighted by molar-refractivity contribution is 6.62. The van der Waals surface area contributed by atoms with Crippen molar-refractivity contribution in [3.05, 3.63) is 18.3 Å². The summed E-state index contributed by atoms with van der Waals surface area (Å²) in [6.45, 7) is 15.4. The zero-order valence-electron chi connectivity index (χ0n) is 19.0. The minimum Gasteiger partial charge on any atom is -0.444 e. The van der Waals surface area contributed by atoms with E-state index in [-0.39, 0.29) is 23.3 Å². The maximum Gasteiger partial charge on any atom is 0.496 e. The van der Waals surface area contributed by atoms with Gasteiger partial charge in [-0.3, -0.25) is 0 Å². The van der Waals surface area contributed by atoms with Gasteiger partial charge in [0.2, 0.25) is 0 Å². The van der Waals surface area contributed by atoms with Crippen LogP contribution < -0.4 is 10.4 Å². The first kappa shape index (κ1) is 21.9. The van der Waals surface area contributed by atoms with E-state index in [2.05, 4.69) is 9.88 Å². The Bertz CT molecular complexity index is 729. The van der Waals surface area contributed by atoms with E-state index in [4.69, 9.17) is 14.0 Å². The average molecular weight is 403 g/mol. The number of aromatic nitrogens is 1. The van der Waals surface area contributed by atoms with Crippen molar-refractivity contribution in [1.29, 1.82) is 0 Å². The van der Waals surface area contributed by atoms with Crippen LogP contribution >= 0.6 is 0 Å². The molecule has 1 aromatic heterocycles. The summed E-state index contributed by atoms with van der Waals surface area (Å²) in [5.41, 5.74) is -0.321. The summed E-state index contributed by atoms with van der Waals surface area (Å²) in [5, 5.41) is 0. The van der Waals surface area contributed by atoms with Gasteiger partial charge in [-0.2, -0.15) is 0 Å². The summed E-state index contributed by atoms with van der Waals surface area (Å²) in [7, 11) is 1.39. The van der Waals surface area contributed by atoms with E-state index < -0.39 is 12.7 Å². The predicted octanol–water partition coefficient (Wildman–Crippen LogP) is 2.83. The molecule has 3 rings (SSSR count). The highest BCUT2D eigenvalue weighted by Crippen LogP contribution is 2.36. The molecule has 2 fully saturated rings. The van der Waals surface area contributed by atoms with Crippen molar-refractivity contribution in [2.45, 2.75) is 77.7 Å². The Labute approximate surface area is 174 Å². The zero-order valence-corrected chi connectivity index (χ0v) is 19.0. The number of carbonyl (C=O) groups is 1. The molecule has 0 aliphatic carbocycles. The van der Waals surface area contributed by atoms with Gasteiger partial charge in [0, 0.05) is 31.8 Å². The molecule has 2 aliphatic rings. The van der Waals surface area contributed by atoms with Gasteiger partial charge >= 0.3 is 13.2 Å². The van der Waals surface area contributed by atoms with E-state index in [1.807, 2.05) is 66.8 Å². The molecular formula is C21H34BN3O4. The molecule has 160 valence electrons. The summed E-state index contributed by atoms with van der Waals surface area (Å²) < 4.78 is 17.7. The molecule has 0 N–H and O–H groups in total. The van der Waals surface area contributed by atoms with Crippen molar-refractivity contribution >= 4 is 24.5 Å². The first-order chi connectivity index (χ1) is 13.3. The molecule has 1 aromatic rings. The smallest absolute Gasteiger partial charge is 0.444 e. The van der Waals surface area contributed by atoms with Crippen LogP contribution in [0, 0.1) is 0 Å². The first-order valence-corrected chi connectivity index (χ1v) is 10.3. The summed E-state index contributed by atoms with van der Waals surface area (Å²) in [4.78, 5) is 20.8. The molecule has 29 heavy (non-hydrogen) atoms. The second-order valence-electron chi connectivity index (χ2n) is 10.0. The predicted molar refractivity (Wildman–Crippen MR) is 115 cm³/mol. The van der Waals surface area contributed by atoms with Gasteiger partial charge in [-0.1, -0.05) is 6.07 Å². The Hall–Kier alpha value is -1.80. The monoisotopic (exact) mass is 403 g/mol. The van der Waals surface area contributed by atoms with Crippen molar-refractivity contribution in [1.82, 2.24) is 9.88 Å². The molecule has 1 amide bonds. The van der Waals surface area contributed by atoms with Gasteiger partial charge in [-0.25, -0.2) is 9.78 Å². The molecule has 2 saturated heterocycles. The molecule has 0 spiro atoms. The lowest BCUT2D eigenvalue weighted by Crippen LogP contribution is -2.42. The van der Waals surface area contributed by atoms with Crippen LogP contribution in [0.4, 0.5) is 10.6 Å². The number of nitrogens with zero attached hydrogens (tertiary/aromatic N) is 3. The summed E-state index contributed by atoms with van der Waals surface area (Å²) >= 11 is 0. The molecule has 3 heterocycles. The van der Waals surface area contributed by atoms with Gasteiger partial charge < -0.3 is 23.8 Å². The first-order valence-electron chi connectivity index (χ1n) is 10.3. The SMILES string of the molecule is CN(C(=O)OC(C)(C)C)[C@H]1CCN(c2ccc(B3OC(C)(C)C(C)(C)O3)cn2)C1. The fourth-order valence-corrected chi connectivity index (χ4v) is 3.45. The number of hydrogen-bond acceptors (Lipinski definition) is 6. The van der Waals surface area contributed by atoms with Crippen LogP contribution in [0.15, 0.2) is 18.3 Å². The summed E-state index contributed by atoms with van der Waals surface area (Å²) in [6, 6.07) is 4.11. The fraction of sp³-hybridized carbons (Fsp3) is 0.714. The minimum absolute atomic E-state index is 0.106. The van der Waals surface area contributed by atoms with Crippen LogP contribution in [0.1, 0.15) is 54.9 Å². The number of pyridine rings is 1. The molecule has 7 nitrogen and oxygen atoms in total. The van der Waals surface area contributed by atoms with E-state index in [9.17, 15) is 4.79 Å². The molecule has 8 heteroatoms. The van der Waals surface area contributed by atoms with Crippen molar-refractivity contribution in [2.24, 2.45) is 0 Å². The molecule has 0 bridgehead atoms. The van der Waals surface area contributed by atoms with Gasteiger partial charge in [-0.05, 0) is 61.0 Å². The number of carbonyl (C=O) groups excluding carboxylic acids is 1. The van der Waals surface area contributed by atoms with E-state index in [1.165, 1.54) is 0 Å². The van der Waals surface area contributed by atoms with Crippen LogP contribution in [-0.4, -0.2) is 66.1 Å².